The normalized spacial score (nSPS) is 11.5. The second kappa shape index (κ2) is 11.0. The number of nitrogens with zero attached hydrogens (tertiary/aromatic N) is 1. The number of anilines is 3. The predicted octanol–water partition coefficient (Wildman–Crippen LogP) is 13.2. The summed E-state index contributed by atoms with van der Waals surface area (Å²) in [7, 11) is 0. The molecule has 0 radical (unpaired) electrons. The van der Waals surface area contributed by atoms with Gasteiger partial charge in [0.2, 0.25) is 0 Å². The van der Waals surface area contributed by atoms with Crippen molar-refractivity contribution in [1.29, 1.82) is 0 Å². The molecule has 1 aromatic heterocycles. The summed E-state index contributed by atoms with van der Waals surface area (Å²) in [6.45, 7) is 0. The number of rotatable bonds is 5. The third-order valence-corrected chi connectivity index (χ3v) is 10.2. The number of thiophene rings is 1. The molecule has 0 N–H and O–H groups in total. The minimum atomic E-state index is 1.13. The lowest BCUT2D eigenvalue weighted by Crippen LogP contribution is -2.10. The molecule has 1 heterocycles. The van der Waals surface area contributed by atoms with Crippen LogP contribution in [-0.2, 0) is 0 Å². The van der Waals surface area contributed by atoms with Crippen LogP contribution in [0.2, 0.25) is 0 Å². The molecule has 0 saturated carbocycles. The Kier molecular flexibility index (Phi) is 6.40. The maximum absolute atomic E-state index is 2.45. The standard InChI is InChI=1S/C44H29NS/c1-3-13-30(14-4-1)34-19-11-20-35(27-34)45(36-26-25-31-15-7-8-18-33(31)28-36)41-29-40-43-37(32-16-5-2-6-17-32)23-12-24-42(43)46-44(40)39-22-10-9-21-38(39)41/h1-29H. The van der Waals surface area contributed by atoms with E-state index in [9.17, 15) is 0 Å². The molecule has 0 aliphatic heterocycles. The Morgan fingerprint density at radius 1 is 0.391 bits per heavy atom. The first-order chi connectivity index (χ1) is 22.8. The van der Waals surface area contributed by atoms with Gasteiger partial charge in [0, 0.05) is 42.3 Å². The average molecular weight is 604 g/mol. The molecule has 0 amide bonds. The third kappa shape index (κ3) is 4.46. The second-order valence-corrected chi connectivity index (χ2v) is 12.8. The Morgan fingerprint density at radius 2 is 1.04 bits per heavy atom. The van der Waals surface area contributed by atoms with Gasteiger partial charge in [-0.2, -0.15) is 0 Å². The zero-order chi connectivity index (χ0) is 30.5. The van der Waals surface area contributed by atoms with Crippen LogP contribution in [0.4, 0.5) is 17.1 Å². The van der Waals surface area contributed by atoms with Crippen molar-refractivity contribution >= 4 is 70.1 Å². The molecule has 9 aromatic rings. The summed E-state index contributed by atoms with van der Waals surface area (Å²) in [5, 5.41) is 7.58. The largest absolute Gasteiger partial charge is 0.310 e. The molecule has 0 aliphatic rings. The number of benzene rings is 8. The summed E-state index contributed by atoms with van der Waals surface area (Å²) in [4.78, 5) is 2.45. The average Bonchev–Trinajstić information content (AvgIpc) is 3.52. The van der Waals surface area contributed by atoms with Crippen molar-refractivity contribution in [3.05, 3.63) is 176 Å². The van der Waals surface area contributed by atoms with E-state index in [1.807, 2.05) is 11.3 Å². The lowest BCUT2D eigenvalue weighted by atomic mass is 9.97. The van der Waals surface area contributed by atoms with E-state index in [-0.39, 0.29) is 0 Å². The summed E-state index contributed by atoms with van der Waals surface area (Å²) in [6, 6.07) is 63.9. The number of fused-ring (bicyclic) bond motifs is 6. The van der Waals surface area contributed by atoms with Crippen molar-refractivity contribution in [3.8, 4) is 22.3 Å². The SMILES string of the molecule is c1ccc(-c2cccc(N(c3ccc4ccccc4c3)c3cc4c(sc5cccc(-c6ccccc6)c54)c4ccccc34)c2)cc1. The van der Waals surface area contributed by atoms with Gasteiger partial charge in [-0.15, -0.1) is 11.3 Å². The zero-order valence-electron chi connectivity index (χ0n) is 25.1. The van der Waals surface area contributed by atoms with Crippen molar-refractivity contribution in [3.63, 3.8) is 0 Å². The van der Waals surface area contributed by atoms with Gasteiger partial charge in [0.05, 0.1) is 5.69 Å². The van der Waals surface area contributed by atoms with E-state index in [4.69, 9.17) is 0 Å². The van der Waals surface area contributed by atoms with E-state index >= 15 is 0 Å². The predicted molar refractivity (Wildman–Crippen MR) is 200 cm³/mol. The van der Waals surface area contributed by atoms with Crippen molar-refractivity contribution in [2.24, 2.45) is 0 Å². The maximum atomic E-state index is 2.45. The van der Waals surface area contributed by atoms with Gasteiger partial charge in [-0.05, 0) is 69.4 Å². The van der Waals surface area contributed by atoms with Crippen LogP contribution in [0.25, 0.3) is 64.0 Å². The smallest absolute Gasteiger partial charge is 0.0547 e. The van der Waals surface area contributed by atoms with Gasteiger partial charge < -0.3 is 4.90 Å². The first-order valence-corrected chi connectivity index (χ1v) is 16.5. The van der Waals surface area contributed by atoms with E-state index in [2.05, 4.69) is 181 Å². The fourth-order valence-electron chi connectivity index (χ4n) is 6.87. The van der Waals surface area contributed by atoms with Crippen molar-refractivity contribution < 1.29 is 0 Å². The molecular weight excluding hydrogens is 575 g/mol. The third-order valence-electron chi connectivity index (χ3n) is 9.01. The van der Waals surface area contributed by atoms with Gasteiger partial charge in [-0.25, -0.2) is 0 Å². The van der Waals surface area contributed by atoms with Gasteiger partial charge in [0.15, 0.2) is 0 Å². The molecule has 216 valence electrons. The minimum Gasteiger partial charge on any atom is -0.310 e. The Bertz CT molecular complexity index is 2530. The molecule has 0 aliphatic carbocycles. The number of hydrogen-bond donors (Lipinski definition) is 0. The van der Waals surface area contributed by atoms with Gasteiger partial charge in [-0.3, -0.25) is 0 Å². The van der Waals surface area contributed by atoms with Crippen LogP contribution in [0, 0.1) is 0 Å². The Hall–Kier alpha value is -5.70. The Balaban J connectivity index is 1.37. The van der Waals surface area contributed by atoms with Crippen molar-refractivity contribution in [2.75, 3.05) is 4.90 Å². The van der Waals surface area contributed by atoms with E-state index in [0.717, 1.165) is 11.4 Å². The molecule has 0 bridgehead atoms. The van der Waals surface area contributed by atoms with Crippen LogP contribution >= 0.6 is 11.3 Å². The molecule has 9 rings (SSSR count). The Morgan fingerprint density at radius 3 is 1.87 bits per heavy atom. The quantitative estimate of drug-likeness (QED) is 0.189. The molecular formula is C44H29NS. The van der Waals surface area contributed by atoms with Crippen molar-refractivity contribution in [2.45, 2.75) is 0 Å². The molecule has 2 heteroatoms. The maximum Gasteiger partial charge on any atom is 0.0547 e. The number of hydrogen-bond acceptors (Lipinski definition) is 2. The van der Waals surface area contributed by atoms with Crippen LogP contribution in [0.3, 0.4) is 0 Å². The lowest BCUT2D eigenvalue weighted by Gasteiger charge is -2.28. The highest BCUT2D eigenvalue weighted by atomic mass is 32.1. The summed E-state index contributed by atoms with van der Waals surface area (Å²) < 4.78 is 2.64. The monoisotopic (exact) mass is 603 g/mol. The summed E-state index contributed by atoms with van der Waals surface area (Å²) in [5.41, 5.74) is 8.35. The topological polar surface area (TPSA) is 3.24 Å². The summed E-state index contributed by atoms with van der Waals surface area (Å²) in [6.07, 6.45) is 0. The van der Waals surface area contributed by atoms with Crippen LogP contribution in [0.5, 0.6) is 0 Å². The highest BCUT2D eigenvalue weighted by Crippen LogP contribution is 2.48. The Labute approximate surface area is 272 Å². The van der Waals surface area contributed by atoms with Crippen LogP contribution in [0.15, 0.2) is 176 Å². The molecule has 46 heavy (non-hydrogen) atoms. The summed E-state index contributed by atoms with van der Waals surface area (Å²) in [5.74, 6) is 0. The molecule has 0 unspecified atom stereocenters. The fourth-order valence-corrected chi connectivity index (χ4v) is 8.12. The van der Waals surface area contributed by atoms with E-state index in [0.29, 0.717) is 0 Å². The first kappa shape index (κ1) is 26.7. The minimum absolute atomic E-state index is 1.13. The van der Waals surface area contributed by atoms with Crippen LogP contribution in [-0.4, -0.2) is 0 Å². The zero-order valence-corrected chi connectivity index (χ0v) is 25.9. The second-order valence-electron chi connectivity index (χ2n) is 11.7. The van der Waals surface area contributed by atoms with Gasteiger partial charge in [0.25, 0.3) is 0 Å². The molecule has 0 saturated heterocycles. The molecule has 1 nitrogen and oxygen atoms in total. The molecule has 0 fully saturated rings. The first-order valence-electron chi connectivity index (χ1n) is 15.7. The van der Waals surface area contributed by atoms with E-state index in [1.54, 1.807) is 0 Å². The van der Waals surface area contributed by atoms with E-state index < -0.39 is 0 Å². The van der Waals surface area contributed by atoms with Crippen molar-refractivity contribution in [1.82, 2.24) is 0 Å². The summed E-state index contributed by atoms with van der Waals surface area (Å²) >= 11 is 1.90. The van der Waals surface area contributed by atoms with Crippen LogP contribution < -0.4 is 4.90 Å². The molecule has 0 atom stereocenters. The van der Waals surface area contributed by atoms with Gasteiger partial charge in [-0.1, -0.05) is 140 Å². The van der Waals surface area contributed by atoms with Crippen LogP contribution in [0.1, 0.15) is 0 Å². The fraction of sp³-hybridized carbons (Fsp3) is 0. The highest BCUT2D eigenvalue weighted by molar-refractivity contribution is 7.26. The van der Waals surface area contributed by atoms with Gasteiger partial charge >= 0.3 is 0 Å². The highest BCUT2D eigenvalue weighted by Gasteiger charge is 2.21. The lowest BCUT2D eigenvalue weighted by molar-refractivity contribution is 1.31. The van der Waals surface area contributed by atoms with E-state index in [1.165, 1.54) is 69.7 Å². The molecule has 0 spiro atoms. The van der Waals surface area contributed by atoms with Gasteiger partial charge in [0.1, 0.15) is 0 Å². The molecule has 8 aromatic carbocycles.